The maximum atomic E-state index is 11.9. The molecule has 0 aromatic rings. The Labute approximate surface area is 101 Å². The molecular formula is C12H20N2O3. The Morgan fingerprint density at radius 1 is 1.35 bits per heavy atom. The molecule has 0 unspecified atom stereocenters. The lowest BCUT2D eigenvalue weighted by atomic mass is 9.99. The number of nitrogens with one attached hydrogen (secondary N) is 1. The zero-order valence-corrected chi connectivity index (χ0v) is 10.7. The van der Waals surface area contributed by atoms with E-state index < -0.39 is 11.7 Å². The summed E-state index contributed by atoms with van der Waals surface area (Å²) in [4.78, 5) is 24.8. The Kier molecular flexibility index (Phi) is 2.79. The Morgan fingerprint density at radius 3 is 2.47 bits per heavy atom. The van der Waals surface area contributed by atoms with Crippen molar-refractivity contribution in [2.45, 2.75) is 57.6 Å². The highest BCUT2D eigenvalue weighted by molar-refractivity contribution is 5.93. The van der Waals surface area contributed by atoms with Gasteiger partial charge < -0.3 is 10.1 Å². The van der Waals surface area contributed by atoms with Gasteiger partial charge in [0.25, 0.3) is 0 Å². The summed E-state index contributed by atoms with van der Waals surface area (Å²) in [7, 11) is 0. The van der Waals surface area contributed by atoms with Crippen molar-refractivity contribution < 1.29 is 14.3 Å². The molecule has 1 aliphatic heterocycles. The van der Waals surface area contributed by atoms with E-state index >= 15 is 0 Å². The first-order valence-corrected chi connectivity index (χ1v) is 6.14. The minimum Gasteiger partial charge on any atom is -0.443 e. The average Bonchev–Trinajstić information content (AvgIpc) is 2.72. The second kappa shape index (κ2) is 3.89. The molecular weight excluding hydrogens is 220 g/mol. The number of rotatable bonds is 0. The van der Waals surface area contributed by atoms with Crippen molar-refractivity contribution >= 4 is 12.1 Å². The van der Waals surface area contributed by atoms with Gasteiger partial charge in [-0.2, -0.15) is 0 Å². The lowest BCUT2D eigenvalue weighted by molar-refractivity contribution is 0.0340. The minimum absolute atomic E-state index is 0.187. The number of ether oxygens (including phenoxy) is 1. The molecule has 5 heteroatoms. The Bertz CT molecular complexity index is 340. The Hall–Kier alpha value is -1.26. The van der Waals surface area contributed by atoms with E-state index in [9.17, 15) is 9.59 Å². The van der Waals surface area contributed by atoms with Crippen LogP contribution in [0.3, 0.4) is 0 Å². The molecule has 0 aromatic carbocycles. The molecule has 2 aliphatic rings. The van der Waals surface area contributed by atoms with Crippen LogP contribution in [0, 0.1) is 0 Å². The summed E-state index contributed by atoms with van der Waals surface area (Å²) in [5, 5.41) is 2.93. The van der Waals surface area contributed by atoms with E-state index in [0.29, 0.717) is 6.54 Å². The van der Waals surface area contributed by atoms with E-state index in [-0.39, 0.29) is 11.6 Å². The highest BCUT2D eigenvalue weighted by Crippen LogP contribution is 2.34. The molecule has 96 valence electrons. The normalized spacial score (nSPS) is 23.0. The minimum atomic E-state index is -0.567. The van der Waals surface area contributed by atoms with Gasteiger partial charge in [-0.1, -0.05) is 12.8 Å². The van der Waals surface area contributed by atoms with Crippen LogP contribution in [-0.4, -0.2) is 34.7 Å². The van der Waals surface area contributed by atoms with Crippen LogP contribution < -0.4 is 5.32 Å². The summed E-state index contributed by atoms with van der Waals surface area (Å²) in [5.74, 6) is 0. The highest BCUT2D eigenvalue weighted by Gasteiger charge is 2.47. The molecule has 0 atom stereocenters. The van der Waals surface area contributed by atoms with Crippen LogP contribution in [-0.2, 0) is 4.74 Å². The fourth-order valence-electron chi connectivity index (χ4n) is 2.51. The molecule has 5 nitrogen and oxygen atoms in total. The molecule has 1 saturated heterocycles. The van der Waals surface area contributed by atoms with Crippen LogP contribution in [0.4, 0.5) is 9.59 Å². The number of urea groups is 1. The zero-order valence-electron chi connectivity index (χ0n) is 10.7. The van der Waals surface area contributed by atoms with Gasteiger partial charge in [0, 0.05) is 0 Å². The van der Waals surface area contributed by atoms with Gasteiger partial charge in [-0.05, 0) is 33.6 Å². The average molecular weight is 240 g/mol. The summed E-state index contributed by atoms with van der Waals surface area (Å²) in [6.07, 6.45) is 3.60. The van der Waals surface area contributed by atoms with E-state index in [1.807, 2.05) is 0 Å². The molecule has 1 heterocycles. The standard InChI is InChI=1S/C12H20N2O3/c1-11(2,3)17-10(16)14-8-12(13-9(14)15)6-4-5-7-12/h4-8H2,1-3H3,(H,13,15). The lowest BCUT2D eigenvalue weighted by Crippen LogP contribution is -2.40. The molecule has 2 fully saturated rings. The van der Waals surface area contributed by atoms with Crippen LogP contribution in [0.1, 0.15) is 46.5 Å². The van der Waals surface area contributed by atoms with Gasteiger partial charge in [0.2, 0.25) is 0 Å². The fraction of sp³-hybridized carbons (Fsp3) is 0.833. The van der Waals surface area contributed by atoms with E-state index in [1.54, 1.807) is 20.8 Å². The predicted octanol–water partition coefficient (Wildman–Crippen LogP) is 2.26. The third kappa shape index (κ3) is 2.53. The van der Waals surface area contributed by atoms with Crippen molar-refractivity contribution in [3.63, 3.8) is 0 Å². The van der Waals surface area contributed by atoms with Crippen LogP contribution in [0.25, 0.3) is 0 Å². The number of carbonyl (C=O) groups is 2. The van der Waals surface area contributed by atoms with Gasteiger partial charge >= 0.3 is 12.1 Å². The third-order valence-corrected chi connectivity index (χ3v) is 3.25. The molecule has 0 aromatic heterocycles. The lowest BCUT2D eigenvalue weighted by Gasteiger charge is -2.24. The second-order valence-corrected chi connectivity index (χ2v) is 5.98. The van der Waals surface area contributed by atoms with E-state index in [4.69, 9.17) is 4.74 Å². The number of hydrogen-bond acceptors (Lipinski definition) is 3. The van der Waals surface area contributed by atoms with Crippen LogP contribution in [0.2, 0.25) is 0 Å². The van der Waals surface area contributed by atoms with E-state index in [2.05, 4.69) is 5.32 Å². The first kappa shape index (κ1) is 12.2. The molecule has 1 aliphatic carbocycles. The van der Waals surface area contributed by atoms with Crippen molar-refractivity contribution in [1.82, 2.24) is 10.2 Å². The maximum absolute atomic E-state index is 11.9. The van der Waals surface area contributed by atoms with Crippen molar-refractivity contribution in [3.05, 3.63) is 0 Å². The number of amides is 3. The Morgan fingerprint density at radius 2 is 1.94 bits per heavy atom. The van der Waals surface area contributed by atoms with Gasteiger partial charge in [-0.3, -0.25) is 0 Å². The first-order chi connectivity index (χ1) is 7.81. The highest BCUT2D eigenvalue weighted by atomic mass is 16.6. The number of imide groups is 1. The van der Waals surface area contributed by atoms with E-state index in [0.717, 1.165) is 25.7 Å². The molecule has 2 rings (SSSR count). The predicted molar refractivity (Wildman–Crippen MR) is 62.7 cm³/mol. The quantitative estimate of drug-likeness (QED) is 0.706. The van der Waals surface area contributed by atoms with Crippen LogP contribution in [0.5, 0.6) is 0 Å². The molecule has 17 heavy (non-hydrogen) atoms. The van der Waals surface area contributed by atoms with Gasteiger partial charge in [-0.25, -0.2) is 14.5 Å². The SMILES string of the molecule is CC(C)(C)OC(=O)N1CC2(CCCC2)NC1=O. The van der Waals surface area contributed by atoms with Crippen LogP contribution in [0.15, 0.2) is 0 Å². The van der Waals surface area contributed by atoms with E-state index in [1.165, 1.54) is 4.90 Å². The largest absolute Gasteiger partial charge is 0.443 e. The molecule has 1 N–H and O–H groups in total. The number of hydrogen-bond donors (Lipinski definition) is 1. The summed E-state index contributed by atoms with van der Waals surface area (Å²) < 4.78 is 5.22. The summed E-state index contributed by atoms with van der Waals surface area (Å²) in [5.41, 5.74) is -0.753. The van der Waals surface area contributed by atoms with Gasteiger partial charge in [0.15, 0.2) is 0 Å². The fourth-order valence-corrected chi connectivity index (χ4v) is 2.51. The van der Waals surface area contributed by atoms with Gasteiger partial charge in [0.05, 0.1) is 12.1 Å². The summed E-state index contributed by atoms with van der Waals surface area (Å²) in [6, 6.07) is -0.318. The topological polar surface area (TPSA) is 58.6 Å². The molecule has 3 amide bonds. The maximum Gasteiger partial charge on any atom is 0.418 e. The zero-order chi connectivity index (χ0) is 12.7. The van der Waals surface area contributed by atoms with Crippen molar-refractivity contribution in [2.75, 3.05) is 6.54 Å². The van der Waals surface area contributed by atoms with Crippen molar-refractivity contribution in [1.29, 1.82) is 0 Å². The number of nitrogens with zero attached hydrogens (tertiary/aromatic N) is 1. The van der Waals surface area contributed by atoms with Gasteiger partial charge in [0.1, 0.15) is 5.60 Å². The first-order valence-electron chi connectivity index (χ1n) is 6.14. The smallest absolute Gasteiger partial charge is 0.418 e. The third-order valence-electron chi connectivity index (χ3n) is 3.25. The van der Waals surface area contributed by atoms with Crippen molar-refractivity contribution in [2.24, 2.45) is 0 Å². The number of carbonyl (C=O) groups excluding carboxylic acids is 2. The summed E-state index contributed by atoms with van der Waals surface area (Å²) in [6.45, 7) is 5.83. The molecule has 0 radical (unpaired) electrons. The van der Waals surface area contributed by atoms with Crippen molar-refractivity contribution in [3.8, 4) is 0 Å². The molecule has 1 saturated carbocycles. The van der Waals surface area contributed by atoms with Gasteiger partial charge in [-0.15, -0.1) is 0 Å². The molecule has 0 bridgehead atoms. The Balaban J connectivity index is 2.03. The second-order valence-electron chi connectivity index (χ2n) is 5.98. The monoisotopic (exact) mass is 240 g/mol. The molecule has 1 spiro atoms. The van der Waals surface area contributed by atoms with Crippen LogP contribution >= 0.6 is 0 Å². The summed E-state index contributed by atoms with van der Waals surface area (Å²) >= 11 is 0.